The molecule has 7 nitrogen and oxygen atoms in total. The van der Waals surface area contributed by atoms with E-state index in [2.05, 4.69) is 10.2 Å². The van der Waals surface area contributed by atoms with E-state index >= 15 is 0 Å². The van der Waals surface area contributed by atoms with Crippen LogP contribution in [0.2, 0.25) is 0 Å². The molecule has 3 aromatic carbocycles. The average molecular weight is 409 g/mol. The number of ketones is 1. The minimum Gasteiger partial charge on any atom is -0.457 e. The maximum atomic E-state index is 13.4. The number of nitrogens with one attached hydrogen (secondary N) is 1. The molecule has 150 valence electrons. The number of aromatic nitrogens is 2. The van der Waals surface area contributed by atoms with Crippen LogP contribution in [-0.2, 0) is 6.42 Å². The van der Waals surface area contributed by atoms with Crippen molar-refractivity contribution in [3.05, 3.63) is 93.7 Å². The number of carbonyl (C=O) groups is 1. The summed E-state index contributed by atoms with van der Waals surface area (Å²) in [7, 11) is 0. The second-order valence-electron chi connectivity index (χ2n) is 6.50. The van der Waals surface area contributed by atoms with Crippen LogP contribution in [0.3, 0.4) is 0 Å². The van der Waals surface area contributed by atoms with Crippen molar-refractivity contribution in [3.63, 3.8) is 0 Å². The predicted octanol–water partition coefficient (Wildman–Crippen LogP) is 4.97. The Balaban J connectivity index is 1.60. The number of nitro groups is 1. The molecule has 0 aliphatic heterocycles. The molecule has 0 fully saturated rings. The zero-order valence-electron chi connectivity index (χ0n) is 15.3. The molecule has 0 atom stereocenters. The highest BCUT2D eigenvalue weighted by Crippen LogP contribution is 2.28. The fourth-order valence-electron chi connectivity index (χ4n) is 3.02. The number of carbonyl (C=O) groups excluding carboxylic acids is 1. The first-order chi connectivity index (χ1) is 14.4. The van der Waals surface area contributed by atoms with Crippen LogP contribution >= 0.6 is 0 Å². The first kappa shape index (κ1) is 19.2. The summed E-state index contributed by atoms with van der Waals surface area (Å²) < 4.78 is 32.3. The van der Waals surface area contributed by atoms with Gasteiger partial charge in [0.1, 0.15) is 23.1 Å². The Morgan fingerprint density at radius 1 is 1.03 bits per heavy atom. The van der Waals surface area contributed by atoms with E-state index in [1.807, 2.05) is 0 Å². The van der Waals surface area contributed by atoms with Crippen LogP contribution in [0.1, 0.15) is 16.1 Å². The standard InChI is InChI=1S/C21H13F2N3O4/c22-13-7-14(23)9-17(8-13)30-16-4-5-19-18(10-16)20(25-24-19)11-21(27)12-2-1-3-15(6-12)26(28)29/h1-10H,11H2,(H,24,25). The summed E-state index contributed by atoms with van der Waals surface area (Å²) >= 11 is 0. The Labute approximate surface area is 168 Å². The topological polar surface area (TPSA) is 98.1 Å². The first-order valence-electron chi connectivity index (χ1n) is 8.77. The van der Waals surface area contributed by atoms with Gasteiger partial charge in [0.15, 0.2) is 5.78 Å². The molecule has 0 amide bonds. The number of ether oxygens (including phenoxy) is 1. The van der Waals surface area contributed by atoms with Crippen LogP contribution < -0.4 is 4.74 Å². The second kappa shape index (κ2) is 7.70. The molecule has 4 aromatic rings. The van der Waals surface area contributed by atoms with Crippen molar-refractivity contribution in [2.45, 2.75) is 6.42 Å². The van der Waals surface area contributed by atoms with Gasteiger partial charge in [-0.1, -0.05) is 12.1 Å². The number of fused-ring (bicyclic) bond motifs is 1. The number of hydrogen-bond donors (Lipinski definition) is 1. The molecule has 0 saturated carbocycles. The Kier molecular flexibility index (Phi) is 4.93. The number of nitro benzene ring substituents is 1. The van der Waals surface area contributed by atoms with Crippen molar-refractivity contribution in [3.8, 4) is 11.5 Å². The number of halogens is 2. The van der Waals surface area contributed by atoms with Gasteiger partial charge in [-0.05, 0) is 18.2 Å². The Morgan fingerprint density at radius 2 is 1.80 bits per heavy atom. The van der Waals surface area contributed by atoms with Gasteiger partial charge < -0.3 is 4.74 Å². The molecule has 0 saturated heterocycles. The highest BCUT2D eigenvalue weighted by atomic mass is 19.1. The fraction of sp³-hybridized carbons (Fsp3) is 0.0476. The molecule has 30 heavy (non-hydrogen) atoms. The molecule has 0 bridgehead atoms. The number of rotatable bonds is 6. The van der Waals surface area contributed by atoms with Crippen molar-refractivity contribution in [2.24, 2.45) is 0 Å². The van der Waals surface area contributed by atoms with E-state index in [4.69, 9.17) is 4.74 Å². The number of H-pyrrole nitrogens is 1. The van der Waals surface area contributed by atoms with Gasteiger partial charge in [0, 0.05) is 41.3 Å². The molecule has 1 heterocycles. The van der Waals surface area contributed by atoms with Gasteiger partial charge in [-0.15, -0.1) is 0 Å². The van der Waals surface area contributed by atoms with Crippen LogP contribution in [0.5, 0.6) is 11.5 Å². The number of hydrogen-bond acceptors (Lipinski definition) is 5. The summed E-state index contributed by atoms with van der Waals surface area (Å²) in [5.74, 6) is -1.57. The van der Waals surface area contributed by atoms with Crippen molar-refractivity contribution in [2.75, 3.05) is 0 Å². The molecule has 0 aliphatic rings. The summed E-state index contributed by atoms with van der Waals surface area (Å²) in [5.41, 5.74) is 1.08. The van der Waals surface area contributed by atoms with E-state index in [-0.39, 0.29) is 29.2 Å². The van der Waals surface area contributed by atoms with E-state index in [0.29, 0.717) is 22.3 Å². The molecular weight excluding hydrogens is 396 g/mol. The lowest BCUT2D eigenvalue weighted by Gasteiger charge is -2.06. The number of non-ortho nitro benzene ring substituents is 1. The van der Waals surface area contributed by atoms with Crippen molar-refractivity contribution < 1.29 is 23.2 Å². The third-order valence-corrected chi connectivity index (χ3v) is 4.39. The van der Waals surface area contributed by atoms with E-state index in [1.54, 1.807) is 18.2 Å². The van der Waals surface area contributed by atoms with Crippen LogP contribution in [-0.4, -0.2) is 20.9 Å². The molecule has 0 radical (unpaired) electrons. The van der Waals surface area contributed by atoms with Gasteiger partial charge in [-0.2, -0.15) is 5.10 Å². The maximum absolute atomic E-state index is 13.4. The quantitative estimate of drug-likeness (QED) is 0.276. The molecule has 1 N–H and O–H groups in total. The lowest BCUT2D eigenvalue weighted by atomic mass is 10.0. The van der Waals surface area contributed by atoms with Gasteiger partial charge in [0.05, 0.1) is 22.6 Å². The van der Waals surface area contributed by atoms with Gasteiger partial charge >= 0.3 is 0 Å². The molecule has 0 unspecified atom stereocenters. The number of benzene rings is 3. The first-order valence-corrected chi connectivity index (χ1v) is 8.77. The zero-order chi connectivity index (χ0) is 21.3. The van der Waals surface area contributed by atoms with Gasteiger partial charge in [0.25, 0.3) is 5.69 Å². The van der Waals surface area contributed by atoms with Crippen molar-refractivity contribution in [1.29, 1.82) is 0 Å². The largest absolute Gasteiger partial charge is 0.457 e. The van der Waals surface area contributed by atoms with Crippen LogP contribution in [0.15, 0.2) is 60.7 Å². The predicted molar refractivity (Wildman–Crippen MR) is 104 cm³/mol. The normalized spacial score (nSPS) is 10.9. The number of nitrogens with zero attached hydrogens (tertiary/aromatic N) is 2. The van der Waals surface area contributed by atoms with Gasteiger partial charge in [-0.25, -0.2) is 8.78 Å². The van der Waals surface area contributed by atoms with E-state index < -0.39 is 16.6 Å². The Morgan fingerprint density at radius 3 is 2.53 bits per heavy atom. The monoisotopic (exact) mass is 409 g/mol. The van der Waals surface area contributed by atoms with E-state index in [9.17, 15) is 23.7 Å². The minimum absolute atomic E-state index is 0.00966. The molecule has 4 rings (SSSR count). The van der Waals surface area contributed by atoms with E-state index in [1.165, 1.54) is 24.3 Å². The average Bonchev–Trinajstić information content (AvgIpc) is 3.09. The van der Waals surface area contributed by atoms with Crippen LogP contribution in [0.4, 0.5) is 14.5 Å². The summed E-state index contributed by atoms with van der Waals surface area (Å²) in [4.78, 5) is 22.9. The SMILES string of the molecule is O=C(Cc1[nH]nc2ccc(Oc3cc(F)cc(F)c3)cc12)c1cccc([N+](=O)[O-])c1. The Bertz CT molecular complexity index is 1270. The molecule has 9 heteroatoms. The van der Waals surface area contributed by atoms with E-state index in [0.717, 1.165) is 18.2 Å². The van der Waals surface area contributed by atoms with Gasteiger partial charge in [0.2, 0.25) is 0 Å². The molecule has 0 aliphatic carbocycles. The Hall–Kier alpha value is -4.14. The number of aromatic amines is 1. The fourth-order valence-corrected chi connectivity index (χ4v) is 3.02. The van der Waals surface area contributed by atoms with Crippen molar-refractivity contribution >= 4 is 22.4 Å². The maximum Gasteiger partial charge on any atom is 0.270 e. The van der Waals surface area contributed by atoms with Crippen molar-refractivity contribution in [1.82, 2.24) is 10.2 Å². The molecule has 1 aromatic heterocycles. The summed E-state index contributed by atoms with van der Waals surface area (Å²) in [5, 5.41) is 18.4. The highest BCUT2D eigenvalue weighted by molar-refractivity contribution is 6.00. The number of Topliss-reactive ketones (excluding diaryl/α,β-unsaturated/α-hetero) is 1. The third kappa shape index (κ3) is 4.00. The third-order valence-electron chi connectivity index (χ3n) is 4.39. The van der Waals surface area contributed by atoms with Crippen LogP contribution in [0.25, 0.3) is 10.9 Å². The molecule has 0 spiro atoms. The molecular formula is C21H13F2N3O4. The smallest absolute Gasteiger partial charge is 0.270 e. The second-order valence-corrected chi connectivity index (χ2v) is 6.50. The summed E-state index contributed by atoms with van der Waals surface area (Å²) in [6.45, 7) is 0. The zero-order valence-corrected chi connectivity index (χ0v) is 15.3. The minimum atomic E-state index is -0.766. The summed E-state index contributed by atoms with van der Waals surface area (Å²) in [6.07, 6.45) is -0.0737. The lowest BCUT2D eigenvalue weighted by Crippen LogP contribution is -2.05. The van der Waals surface area contributed by atoms with Crippen LogP contribution in [0, 0.1) is 21.7 Å². The van der Waals surface area contributed by atoms with Gasteiger partial charge in [-0.3, -0.25) is 20.0 Å². The highest BCUT2D eigenvalue weighted by Gasteiger charge is 2.16. The summed E-state index contributed by atoms with van der Waals surface area (Å²) in [6, 6.07) is 13.1. The lowest BCUT2D eigenvalue weighted by molar-refractivity contribution is -0.384.